The second-order valence-corrected chi connectivity index (χ2v) is 5.71. The van der Waals surface area contributed by atoms with Crippen LogP contribution in [0.25, 0.3) is 0 Å². The van der Waals surface area contributed by atoms with Crippen molar-refractivity contribution in [1.82, 2.24) is 10.3 Å². The lowest BCUT2D eigenvalue weighted by Gasteiger charge is -2.47. The fraction of sp³-hybridized carbons (Fsp3) is 0.583. The van der Waals surface area contributed by atoms with Crippen LogP contribution in [0.15, 0.2) is 22.9 Å². The molecular formula is C12H15BrN2. The SMILES string of the molecule is Brc1cncc(C23CCC(CC2)CN3)c1. The lowest BCUT2D eigenvalue weighted by molar-refractivity contribution is 0.117. The molecule has 3 fully saturated rings. The molecular weight excluding hydrogens is 252 g/mol. The standard InChI is InChI=1S/C12H15BrN2/c13-11-5-10(7-14-8-11)12-3-1-9(2-4-12)6-15-12/h5,7-9,15H,1-4,6H2. The predicted molar refractivity (Wildman–Crippen MR) is 63.6 cm³/mol. The lowest BCUT2D eigenvalue weighted by Crippen LogP contribution is -2.53. The summed E-state index contributed by atoms with van der Waals surface area (Å²) in [6.07, 6.45) is 9.17. The lowest BCUT2D eigenvalue weighted by atomic mass is 9.69. The van der Waals surface area contributed by atoms with Crippen LogP contribution in [0, 0.1) is 5.92 Å². The van der Waals surface area contributed by atoms with Crippen molar-refractivity contribution < 1.29 is 0 Å². The summed E-state index contributed by atoms with van der Waals surface area (Å²) in [5, 5.41) is 3.71. The van der Waals surface area contributed by atoms with Gasteiger partial charge in [0.05, 0.1) is 0 Å². The van der Waals surface area contributed by atoms with E-state index in [9.17, 15) is 0 Å². The van der Waals surface area contributed by atoms with E-state index in [1.54, 1.807) is 0 Å². The molecule has 1 saturated carbocycles. The smallest absolute Gasteiger partial charge is 0.0450 e. The van der Waals surface area contributed by atoms with E-state index in [1.165, 1.54) is 37.8 Å². The van der Waals surface area contributed by atoms with Crippen LogP contribution in [0.5, 0.6) is 0 Å². The molecule has 15 heavy (non-hydrogen) atoms. The molecule has 3 heteroatoms. The Labute approximate surface area is 98.6 Å². The maximum absolute atomic E-state index is 4.28. The van der Waals surface area contributed by atoms with Gasteiger partial charge in [-0.1, -0.05) is 0 Å². The first-order valence-electron chi connectivity index (χ1n) is 5.65. The molecule has 80 valence electrons. The van der Waals surface area contributed by atoms with Crippen LogP contribution in [0.2, 0.25) is 0 Å². The Morgan fingerprint density at radius 2 is 2.13 bits per heavy atom. The van der Waals surface area contributed by atoms with E-state index in [0.29, 0.717) is 0 Å². The minimum atomic E-state index is 0.228. The number of nitrogens with one attached hydrogen (secondary N) is 1. The highest BCUT2D eigenvalue weighted by Crippen LogP contribution is 2.43. The molecule has 4 rings (SSSR count). The monoisotopic (exact) mass is 266 g/mol. The fourth-order valence-electron chi connectivity index (χ4n) is 2.96. The van der Waals surface area contributed by atoms with Crippen LogP contribution < -0.4 is 5.32 Å². The molecule has 0 amide bonds. The third-order valence-corrected chi connectivity index (χ3v) is 4.38. The van der Waals surface area contributed by atoms with Gasteiger partial charge in [0, 0.05) is 22.4 Å². The highest BCUT2D eigenvalue weighted by molar-refractivity contribution is 9.10. The summed E-state index contributed by atoms with van der Waals surface area (Å²) in [7, 11) is 0. The molecule has 1 aromatic heterocycles. The summed E-state index contributed by atoms with van der Waals surface area (Å²) >= 11 is 3.50. The van der Waals surface area contributed by atoms with Gasteiger partial charge in [-0.2, -0.15) is 0 Å². The Balaban J connectivity index is 1.97. The Hall–Kier alpha value is -0.410. The van der Waals surface area contributed by atoms with Crippen LogP contribution in [0.4, 0.5) is 0 Å². The molecule has 0 spiro atoms. The molecule has 0 aromatic carbocycles. The van der Waals surface area contributed by atoms with Crippen molar-refractivity contribution in [2.24, 2.45) is 5.92 Å². The normalized spacial score (nSPS) is 34.3. The van der Waals surface area contributed by atoms with Gasteiger partial charge in [-0.05, 0) is 65.7 Å². The molecule has 2 bridgehead atoms. The van der Waals surface area contributed by atoms with Crippen molar-refractivity contribution in [3.05, 3.63) is 28.5 Å². The topological polar surface area (TPSA) is 24.9 Å². The Bertz CT molecular complexity index is 356. The maximum Gasteiger partial charge on any atom is 0.0450 e. The maximum atomic E-state index is 4.28. The third-order valence-electron chi connectivity index (χ3n) is 3.95. The van der Waals surface area contributed by atoms with Gasteiger partial charge >= 0.3 is 0 Å². The van der Waals surface area contributed by atoms with Gasteiger partial charge in [0.1, 0.15) is 0 Å². The van der Waals surface area contributed by atoms with Crippen molar-refractivity contribution >= 4 is 15.9 Å². The Kier molecular flexibility index (Phi) is 2.33. The van der Waals surface area contributed by atoms with Crippen molar-refractivity contribution in [2.75, 3.05) is 6.54 Å². The number of nitrogens with zero attached hydrogens (tertiary/aromatic N) is 1. The van der Waals surface area contributed by atoms with Crippen LogP contribution in [-0.2, 0) is 5.54 Å². The number of piperidine rings is 2. The molecule has 0 atom stereocenters. The summed E-state index contributed by atoms with van der Waals surface area (Å²) in [5.74, 6) is 0.923. The van der Waals surface area contributed by atoms with Crippen LogP contribution in [0.3, 0.4) is 0 Å². The van der Waals surface area contributed by atoms with E-state index in [1.807, 2.05) is 12.4 Å². The summed E-state index contributed by atoms with van der Waals surface area (Å²) in [4.78, 5) is 4.28. The molecule has 2 aliphatic heterocycles. The van der Waals surface area contributed by atoms with E-state index in [2.05, 4.69) is 32.3 Å². The van der Waals surface area contributed by atoms with E-state index in [-0.39, 0.29) is 5.54 Å². The average Bonchev–Trinajstić information content (AvgIpc) is 2.31. The molecule has 1 aliphatic carbocycles. The largest absolute Gasteiger partial charge is 0.307 e. The van der Waals surface area contributed by atoms with Crippen molar-refractivity contribution in [3.8, 4) is 0 Å². The number of hydrogen-bond acceptors (Lipinski definition) is 2. The second-order valence-electron chi connectivity index (χ2n) is 4.80. The zero-order chi connectivity index (χ0) is 10.3. The molecule has 1 N–H and O–H groups in total. The number of aromatic nitrogens is 1. The minimum Gasteiger partial charge on any atom is -0.307 e. The number of rotatable bonds is 1. The summed E-state index contributed by atoms with van der Waals surface area (Å²) in [6, 6.07) is 2.21. The average molecular weight is 267 g/mol. The molecule has 1 aromatic rings. The van der Waals surface area contributed by atoms with E-state index < -0.39 is 0 Å². The second kappa shape index (κ2) is 3.56. The summed E-state index contributed by atoms with van der Waals surface area (Å²) in [5.41, 5.74) is 1.58. The summed E-state index contributed by atoms with van der Waals surface area (Å²) in [6.45, 7) is 1.19. The number of hydrogen-bond donors (Lipinski definition) is 1. The first kappa shape index (κ1) is 9.79. The first-order chi connectivity index (χ1) is 7.28. The zero-order valence-electron chi connectivity index (χ0n) is 8.67. The number of pyridine rings is 1. The third kappa shape index (κ3) is 1.62. The Morgan fingerprint density at radius 1 is 1.33 bits per heavy atom. The van der Waals surface area contributed by atoms with Crippen LogP contribution in [-0.4, -0.2) is 11.5 Å². The highest BCUT2D eigenvalue weighted by atomic mass is 79.9. The number of halogens is 1. The van der Waals surface area contributed by atoms with E-state index >= 15 is 0 Å². The van der Waals surface area contributed by atoms with E-state index in [0.717, 1.165) is 10.4 Å². The predicted octanol–water partition coefficient (Wildman–Crippen LogP) is 2.83. The number of fused-ring (bicyclic) bond motifs is 3. The van der Waals surface area contributed by atoms with Gasteiger partial charge in [-0.25, -0.2) is 0 Å². The quantitative estimate of drug-likeness (QED) is 0.846. The van der Waals surface area contributed by atoms with Gasteiger partial charge in [-0.3, -0.25) is 4.98 Å². The molecule has 0 unspecified atom stereocenters. The van der Waals surface area contributed by atoms with Gasteiger partial charge in [0.2, 0.25) is 0 Å². The zero-order valence-corrected chi connectivity index (χ0v) is 10.3. The van der Waals surface area contributed by atoms with Crippen LogP contribution in [0.1, 0.15) is 31.2 Å². The van der Waals surface area contributed by atoms with Gasteiger partial charge in [0.25, 0.3) is 0 Å². The Morgan fingerprint density at radius 3 is 2.73 bits per heavy atom. The van der Waals surface area contributed by atoms with Crippen molar-refractivity contribution in [2.45, 2.75) is 31.2 Å². The van der Waals surface area contributed by atoms with Crippen molar-refractivity contribution in [1.29, 1.82) is 0 Å². The van der Waals surface area contributed by atoms with Gasteiger partial charge < -0.3 is 5.32 Å². The molecule has 2 nitrogen and oxygen atoms in total. The van der Waals surface area contributed by atoms with Crippen molar-refractivity contribution in [3.63, 3.8) is 0 Å². The molecule has 0 radical (unpaired) electrons. The molecule has 2 saturated heterocycles. The first-order valence-corrected chi connectivity index (χ1v) is 6.44. The summed E-state index contributed by atoms with van der Waals surface area (Å²) < 4.78 is 1.09. The molecule has 3 heterocycles. The van der Waals surface area contributed by atoms with Crippen LogP contribution >= 0.6 is 15.9 Å². The minimum absolute atomic E-state index is 0.228. The van der Waals surface area contributed by atoms with Gasteiger partial charge in [0.15, 0.2) is 0 Å². The van der Waals surface area contributed by atoms with E-state index in [4.69, 9.17) is 0 Å². The highest BCUT2D eigenvalue weighted by Gasteiger charge is 2.41. The fourth-order valence-corrected chi connectivity index (χ4v) is 3.32. The molecule has 3 aliphatic rings. The van der Waals surface area contributed by atoms with Gasteiger partial charge in [-0.15, -0.1) is 0 Å².